The Balaban J connectivity index is 1.79. The van der Waals surface area contributed by atoms with E-state index in [0.29, 0.717) is 11.8 Å². The first kappa shape index (κ1) is 14.5. The van der Waals surface area contributed by atoms with Crippen molar-refractivity contribution < 1.29 is 10.2 Å². The van der Waals surface area contributed by atoms with Crippen LogP contribution in [0.15, 0.2) is 35.6 Å². The zero-order valence-electron chi connectivity index (χ0n) is 13.5. The van der Waals surface area contributed by atoms with Gasteiger partial charge in [-0.1, -0.05) is 26.0 Å². The smallest absolute Gasteiger partial charge is 0.0761 e. The van der Waals surface area contributed by atoms with Crippen molar-refractivity contribution >= 4 is 0 Å². The van der Waals surface area contributed by atoms with E-state index >= 15 is 0 Å². The zero-order valence-corrected chi connectivity index (χ0v) is 13.5. The van der Waals surface area contributed by atoms with E-state index in [9.17, 15) is 10.2 Å². The second-order valence-electron chi connectivity index (χ2n) is 8.30. The lowest BCUT2D eigenvalue weighted by Gasteiger charge is -2.56. The molecule has 3 heteroatoms. The van der Waals surface area contributed by atoms with Crippen LogP contribution in [0.25, 0.3) is 0 Å². The van der Waals surface area contributed by atoms with Gasteiger partial charge >= 0.3 is 0 Å². The number of aliphatic hydroxyl groups is 2. The molecule has 22 heavy (non-hydrogen) atoms. The third-order valence-corrected chi connectivity index (χ3v) is 7.36. The van der Waals surface area contributed by atoms with Gasteiger partial charge in [0.25, 0.3) is 0 Å². The monoisotopic (exact) mass is 301 g/mol. The van der Waals surface area contributed by atoms with E-state index in [2.05, 4.69) is 19.9 Å². The fourth-order valence-electron chi connectivity index (χ4n) is 5.95. The molecule has 3 nitrogen and oxygen atoms in total. The van der Waals surface area contributed by atoms with Crippen molar-refractivity contribution in [3.63, 3.8) is 0 Å². The molecule has 4 aliphatic carbocycles. The van der Waals surface area contributed by atoms with Gasteiger partial charge in [0.15, 0.2) is 0 Å². The standard InChI is InChI=1S/C19H27NO2/c1-18-7-5-12(20)9-11(18)10-15(21)17-13-3-4-16(22)19(13,2)8-6-14(17)18/h5,7,9-10,13-17,21-22H,3-4,6,8,20H2,1-2H3/t13-,14-,15-,16-,17-,18-,19-/m0/s1. The molecule has 0 heterocycles. The Morgan fingerprint density at radius 2 is 1.91 bits per heavy atom. The van der Waals surface area contributed by atoms with Crippen LogP contribution in [0.5, 0.6) is 0 Å². The van der Waals surface area contributed by atoms with Gasteiger partial charge in [-0.05, 0) is 66.6 Å². The van der Waals surface area contributed by atoms with Crippen LogP contribution in [0, 0.1) is 28.6 Å². The van der Waals surface area contributed by atoms with Crippen LogP contribution in [-0.2, 0) is 0 Å². The maximum Gasteiger partial charge on any atom is 0.0761 e. The Morgan fingerprint density at radius 3 is 2.68 bits per heavy atom. The first-order chi connectivity index (χ1) is 10.4. The van der Waals surface area contributed by atoms with E-state index in [4.69, 9.17) is 5.73 Å². The van der Waals surface area contributed by atoms with Gasteiger partial charge < -0.3 is 15.9 Å². The fraction of sp³-hybridized carbons (Fsp3) is 0.684. The van der Waals surface area contributed by atoms with Crippen LogP contribution in [0.4, 0.5) is 0 Å². The molecule has 4 aliphatic rings. The Hall–Kier alpha value is -1.06. The maximum atomic E-state index is 10.8. The minimum atomic E-state index is -0.418. The van der Waals surface area contributed by atoms with Gasteiger partial charge in [0.2, 0.25) is 0 Å². The first-order valence-corrected chi connectivity index (χ1v) is 8.61. The molecule has 2 saturated carbocycles. The number of aliphatic hydroxyl groups excluding tert-OH is 2. The maximum absolute atomic E-state index is 10.8. The summed E-state index contributed by atoms with van der Waals surface area (Å²) in [7, 11) is 0. The average Bonchev–Trinajstić information content (AvgIpc) is 2.77. The summed E-state index contributed by atoms with van der Waals surface area (Å²) < 4.78 is 0. The molecule has 0 amide bonds. The summed E-state index contributed by atoms with van der Waals surface area (Å²) in [6, 6.07) is 0. The molecule has 4 rings (SSSR count). The minimum Gasteiger partial charge on any atom is -0.399 e. The highest BCUT2D eigenvalue weighted by Gasteiger charge is 2.59. The SMILES string of the molecule is C[C@]12CC[C@H]3[C@@H]([C@@H](O)C=C4C=C(N)C=C[C@@]43C)[C@@H]1CC[C@@H]2O. The van der Waals surface area contributed by atoms with Crippen LogP contribution in [0.3, 0.4) is 0 Å². The van der Waals surface area contributed by atoms with Crippen molar-refractivity contribution in [2.24, 2.45) is 34.3 Å². The molecule has 0 aromatic carbocycles. The summed E-state index contributed by atoms with van der Waals surface area (Å²) in [4.78, 5) is 0. The quantitative estimate of drug-likeness (QED) is 0.644. The van der Waals surface area contributed by atoms with Crippen molar-refractivity contribution in [1.82, 2.24) is 0 Å². The Morgan fingerprint density at radius 1 is 1.14 bits per heavy atom. The summed E-state index contributed by atoms with van der Waals surface area (Å²) in [5.74, 6) is 1.11. The van der Waals surface area contributed by atoms with Crippen LogP contribution in [0.1, 0.15) is 39.5 Å². The Bertz CT molecular complexity index is 592. The number of rotatable bonds is 0. The molecule has 4 N–H and O–H groups in total. The number of fused-ring (bicyclic) bond motifs is 5. The predicted molar refractivity (Wildman–Crippen MR) is 86.7 cm³/mol. The lowest BCUT2D eigenvalue weighted by molar-refractivity contribution is -0.0881. The molecule has 0 aliphatic heterocycles. The van der Waals surface area contributed by atoms with Crippen molar-refractivity contribution in [3.05, 3.63) is 35.6 Å². The van der Waals surface area contributed by atoms with Gasteiger partial charge in [-0.2, -0.15) is 0 Å². The van der Waals surface area contributed by atoms with Crippen molar-refractivity contribution in [2.45, 2.75) is 51.7 Å². The van der Waals surface area contributed by atoms with Gasteiger partial charge in [-0.25, -0.2) is 0 Å². The largest absolute Gasteiger partial charge is 0.399 e. The highest BCUT2D eigenvalue weighted by atomic mass is 16.3. The molecule has 0 bridgehead atoms. The van der Waals surface area contributed by atoms with E-state index in [-0.39, 0.29) is 22.9 Å². The number of nitrogens with two attached hydrogens (primary N) is 1. The third-order valence-electron chi connectivity index (χ3n) is 7.36. The fourth-order valence-corrected chi connectivity index (χ4v) is 5.95. The molecule has 0 spiro atoms. The number of hydrogen-bond acceptors (Lipinski definition) is 3. The molecule has 120 valence electrons. The molecule has 0 unspecified atom stereocenters. The highest BCUT2D eigenvalue weighted by Crippen LogP contribution is 2.63. The van der Waals surface area contributed by atoms with Crippen molar-refractivity contribution in [1.29, 1.82) is 0 Å². The Labute approximate surface area is 132 Å². The lowest BCUT2D eigenvalue weighted by Crippen LogP contribution is -2.53. The van der Waals surface area contributed by atoms with Gasteiger partial charge in [0.05, 0.1) is 12.2 Å². The second-order valence-corrected chi connectivity index (χ2v) is 8.30. The molecule has 0 saturated heterocycles. The molecule has 2 fully saturated rings. The van der Waals surface area contributed by atoms with E-state index in [1.807, 2.05) is 18.2 Å². The summed E-state index contributed by atoms with van der Waals surface area (Å²) in [6.07, 6.45) is 11.7. The van der Waals surface area contributed by atoms with Crippen LogP contribution in [-0.4, -0.2) is 22.4 Å². The van der Waals surface area contributed by atoms with E-state index in [0.717, 1.165) is 31.4 Å². The number of hydrogen-bond donors (Lipinski definition) is 3. The highest BCUT2D eigenvalue weighted by molar-refractivity contribution is 5.45. The summed E-state index contributed by atoms with van der Waals surface area (Å²) in [5.41, 5.74) is 7.85. The van der Waals surface area contributed by atoms with E-state index in [1.165, 1.54) is 5.57 Å². The van der Waals surface area contributed by atoms with Crippen molar-refractivity contribution in [2.75, 3.05) is 0 Å². The molecule has 0 radical (unpaired) electrons. The minimum absolute atomic E-state index is 0.0168. The summed E-state index contributed by atoms with van der Waals surface area (Å²) >= 11 is 0. The molecular formula is C19H27NO2. The van der Waals surface area contributed by atoms with Crippen molar-refractivity contribution in [3.8, 4) is 0 Å². The van der Waals surface area contributed by atoms with Gasteiger partial charge in [0.1, 0.15) is 0 Å². The van der Waals surface area contributed by atoms with Crippen LogP contribution >= 0.6 is 0 Å². The summed E-state index contributed by atoms with van der Waals surface area (Å²) in [6.45, 7) is 4.52. The topological polar surface area (TPSA) is 66.5 Å². The first-order valence-electron chi connectivity index (χ1n) is 8.61. The average molecular weight is 301 g/mol. The van der Waals surface area contributed by atoms with Crippen LogP contribution in [0.2, 0.25) is 0 Å². The summed E-state index contributed by atoms with van der Waals surface area (Å²) in [5, 5.41) is 21.3. The Kier molecular flexibility index (Phi) is 2.96. The van der Waals surface area contributed by atoms with Crippen LogP contribution < -0.4 is 5.73 Å². The van der Waals surface area contributed by atoms with E-state index in [1.54, 1.807) is 0 Å². The molecule has 0 aromatic rings. The predicted octanol–water partition coefficient (Wildman–Crippen LogP) is 2.51. The van der Waals surface area contributed by atoms with Gasteiger partial charge in [0, 0.05) is 11.1 Å². The molecular weight excluding hydrogens is 274 g/mol. The molecule has 0 aromatic heterocycles. The zero-order chi connectivity index (χ0) is 15.7. The second kappa shape index (κ2) is 4.48. The third kappa shape index (κ3) is 1.70. The van der Waals surface area contributed by atoms with E-state index < -0.39 is 6.10 Å². The van der Waals surface area contributed by atoms with Gasteiger partial charge in [-0.3, -0.25) is 0 Å². The number of allylic oxidation sites excluding steroid dienone is 4. The normalized spacial score (nSPS) is 53.2. The van der Waals surface area contributed by atoms with Gasteiger partial charge in [-0.15, -0.1) is 0 Å². The lowest BCUT2D eigenvalue weighted by atomic mass is 9.49. The molecule has 7 atom stereocenters.